The number of aromatic nitrogens is 1. The van der Waals surface area contributed by atoms with E-state index in [9.17, 15) is 13.2 Å². The molecule has 0 spiro atoms. The third kappa shape index (κ3) is 3.79. The van der Waals surface area contributed by atoms with Crippen molar-refractivity contribution in [3.63, 3.8) is 0 Å². The number of halogens is 4. The number of nitrogens with zero attached hydrogens (tertiary/aromatic N) is 2. The lowest BCUT2D eigenvalue weighted by atomic mass is 10.1. The molecule has 132 valence electrons. The largest absolute Gasteiger partial charge is 0.496 e. The number of nitrogens with one attached hydrogen (secondary N) is 1. The maximum atomic E-state index is 12.5. The molecule has 1 aliphatic heterocycles. The van der Waals surface area contributed by atoms with Crippen molar-refractivity contribution in [2.24, 2.45) is 0 Å². The maximum absolute atomic E-state index is 12.5. The highest BCUT2D eigenvalue weighted by atomic mass is 35.5. The topological polar surface area (TPSA) is 31.5 Å². The Hall–Kier alpha value is -1.44. The van der Waals surface area contributed by atoms with Crippen LogP contribution in [0, 0.1) is 0 Å². The number of piperazine rings is 1. The number of rotatable bonds is 4. The molecule has 2 heterocycles. The van der Waals surface area contributed by atoms with Gasteiger partial charge in [-0.15, -0.1) is 0 Å². The summed E-state index contributed by atoms with van der Waals surface area (Å²) in [7, 11) is 1.59. The molecule has 4 nitrogen and oxygen atoms in total. The highest BCUT2D eigenvalue weighted by Crippen LogP contribution is 2.34. The molecule has 1 aromatic heterocycles. The Bertz CT molecular complexity index is 708. The summed E-state index contributed by atoms with van der Waals surface area (Å²) in [6, 6.07) is 3.72. The molecule has 1 aliphatic rings. The van der Waals surface area contributed by atoms with Crippen molar-refractivity contribution in [3.05, 3.63) is 28.9 Å². The molecule has 0 saturated carbocycles. The predicted molar refractivity (Wildman–Crippen MR) is 87.6 cm³/mol. The zero-order valence-electron chi connectivity index (χ0n) is 13.3. The van der Waals surface area contributed by atoms with E-state index < -0.39 is 12.7 Å². The van der Waals surface area contributed by atoms with Crippen LogP contribution >= 0.6 is 11.6 Å². The molecule has 0 unspecified atom stereocenters. The second kappa shape index (κ2) is 6.82. The summed E-state index contributed by atoms with van der Waals surface area (Å²) in [6.45, 7) is 1.78. The van der Waals surface area contributed by atoms with Crippen LogP contribution in [0.1, 0.15) is 5.56 Å². The van der Waals surface area contributed by atoms with E-state index >= 15 is 0 Å². The SMILES string of the molecule is COc1cc(Cl)c2[nH]ccc2c1CN1CCN(CC(F)(F)F)CC1. The second-order valence-corrected chi connectivity index (χ2v) is 6.38. The van der Waals surface area contributed by atoms with E-state index in [4.69, 9.17) is 16.3 Å². The Balaban J connectivity index is 1.72. The van der Waals surface area contributed by atoms with Crippen molar-refractivity contribution >= 4 is 22.5 Å². The van der Waals surface area contributed by atoms with Gasteiger partial charge in [0.15, 0.2) is 0 Å². The second-order valence-electron chi connectivity index (χ2n) is 5.97. The van der Waals surface area contributed by atoms with Crippen LogP contribution in [0.2, 0.25) is 5.02 Å². The Morgan fingerprint density at radius 3 is 2.50 bits per heavy atom. The molecule has 1 aromatic carbocycles. The molecule has 8 heteroatoms. The fourth-order valence-electron chi connectivity index (χ4n) is 3.15. The van der Waals surface area contributed by atoms with E-state index in [2.05, 4.69) is 9.88 Å². The average Bonchev–Trinajstić information content (AvgIpc) is 3.00. The van der Waals surface area contributed by atoms with Gasteiger partial charge in [0, 0.05) is 55.9 Å². The molecular weight excluding hydrogens is 343 g/mol. The summed E-state index contributed by atoms with van der Waals surface area (Å²) in [5.74, 6) is 0.699. The van der Waals surface area contributed by atoms with E-state index in [0.29, 0.717) is 43.5 Å². The van der Waals surface area contributed by atoms with Crippen LogP contribution < -0.4 is 4.74 Å². The van der Waals surface area contributed by atoms with Gasteiger partial charge in [0.25, 0.3) is 0 Å². The minimum absolute atomic E-state index is 0.408. The first-order valence-electron chi connectivity index (χ1n) is 7.71. The first-order chi connectivity index (χ1) is 11.4. The van der Waals surface area contributed by atoms with E-state index in [1.165, 1.54) is 4.90 Å². The fraction of sp³-hybridized carbons (Fsp3) is 0.500. The normalized spacial score (nSPS) is 17.5. The Morgan fingerprint density at radius 2 is 1.88 bits per heavy atom. The molecule has 2 aromatic rings. The van der Waals surface area contributed by atoms with Crippen LogP contribution in [0.25, 0.3) is 10.9 Å². The number of fused-ring (bicyclic) bond motifs is 1. The molecular formula is C16H19ClF3N3O. The maximum Gasteiger partial charge on any atom is 0.401 e. The molecule has 0 radical (unpaired) electrons. The Labute approximate surface area is 143 Å². The number of methoxy groups -OCH3 is 1. The van der Waals surface area contributed by atoms with Gasteiger partial charge < -0.3 is 9.72 Å². The first kappa shape index (κ1) is 17.4. The van der Waals surface area contributed by atoms with Crippen molar-refractivity contribution in [1.29, 1.82) is 0 Å². The average molecular weight is 362 g/mol. The molecule has 1 saturated heterocycles. The number of aromatic amines is 1. The highest BCUT2D eigenvalue weighted by molar-refractivity contribution is 6.35. The zero-order valence-corrected chi connectivity index (χ0v) is 14.0. The minimum Gasteiger partial charge on any atom is -0.496 e. The van der Waals surface area contributed by atoms with Gasteiger partial charge in [-0.05, 0) is 6.07 Å². The third-order valence-electron chi connectivity index (χ3n) is 4.34. The van der Waals surface area contributed by atoms with Crippen molar-refractivity contribution < 1.29 is 17.9 Å². The summed E-state index contributed by atoms with van der Waals surface area (Å²) in [4.78, 5) is 6.70. The Morgan fingerprint density at radius 1 is 1.21 bits per heavy atom. The molecule has 24 heavy (non-hydrogen) atoms. The van der Waals surface area contributed by atoms with Crippen molar-refractivity contribution in [2.45, 2.75) is 12.7 Å². The monoisotopic (exact) mass is 361 g/mol. The molecule has 1 N–H and O–H groups in total. The summed E-state index contributed by atoms with van der Waals surface area (Å²) in [6.07, 6.45) is -2.32. The van der Waals surface area contributed by atoms with Gasteiger partial charge in [-0.1, -0.05) is 11.6 Å². The number of alkyl halides is 3. The molecule has 0 atom stereocenters. The van der Waals surface area contributed by atoms with Gasteiger partial charge in [0.05, 0.1) is 24.2 Å². The smallest absolute Gasteiger partial charge is 0.401 e. The summed E-state index contributed by atoms with van der Waals surface area (Å²) < 4.78 is 42.9. The number of benzene rings is 1. The lowest BCUT2D eigenvalue weighted by Gasteiger charge is -2.35. The van der Waals surface area contributed by atoms with E-state index in [-0.39, 0.29) is 0 Å². The van der Waals surface area contributed by atoms with Crippen LogP contribution in [0.15, 0.2) is 18.3 Å². The van der Waals surface area contributed by atoms with Crippen LogP contribution in [0.3, 0.4) is 0 Å². The number of hydrogen-bond donors (Lipinski definition) is 1. The van der Waals surface area contributed by atoms with Gasteiger partial charge in [-0.3, -0.25) is 9.80 Å². The summed E-state index contributed by atoms with van der Waals surface area (Å²) in [5, 5.41) is 1.57. The molecule has 0 bridgehead atoms. The molecule has 3 rings (SSSR count). The van der Waals surface area contributed by atoms with E-state index in [1.54, 1.807) is 13.2 Å². The van der Waals surface area contributed by atoms with Gasteiger partial charge >= 0.3 is 6.18 Å². The Kier molecular flexibility index (Phi) is 4.94. The highest BCUT2D eigenvalue weighted by Gasteiger charge is 2.32. The van der Waals surface area contributed by atoms with Crippen LogP contribution in [-0.2, 0) is 6.54 Å². The van der Waals surface area contributed by atoms with Gasteiger partial charge in [0.1, 0.15) is 5.75 Å². The lowest BCUT2D eigenvalue weighted by Crippen LogP contribution is -2.48. The molecule has 1 fully saturated rings. The quantitative estimate of drug-likeness (QED) is 0.904. The summed E-state index contributed by atoms with van der Waals surface area (Å²) in [5.41, 5.74) is 1.85. The van der Waals surface area contributed by atoms with Gasteiger partial charge in [-0.25, -0.2) is 0 Å². The van der Waals surface area contributed by atoms with Crippen molar-refractivity contribution in [3.8, 4) is 5.75 Å². The molecule has 0 amide bonds. The van der Waals surface area contributed by atoms with Gasteiger partial charge in [-0.2, -0.15) is 13.2 Å². The minimum atomic E-state index is -4.14. The van der Waals surface area contributed by atoms with E-state index in [1.807, 2.05) is 12.3 Å². The zero-order chi connectivity index (χ0) is 17.3. The van der Waals surface area contributed by atoms with Crippen LogP contribution in [0.4, 0.5) is 13.2 Å². The van der Waals surface area contributed by atoms with E-state index in [0.717, 1.165) is 16.5 Å². The van der Waals surface area contributed by atoms with Crippen LogP contribution in [0.5, 0.6) is 5.75 Å². The molecule has 0 aliphatic carbocycles. The van der Waals surface area contributed by atoms with Crippen molar-refractivity contribution in [1.82, 2.24) is 14.8 Å². The predicted octanol–water partition coefficient (Wildman–Crippen LogP) is 3.51. The number of H-pyrrole nitrogens is 1. The van der Waals surface area contributed by atoms with Gasteiger partial charge in [0.2, 0.25) is 0 Å². The third-order valence-corrected chi connectivity index (χ3v) is 4.63. The fourth-order valence-corrected chi connectivity index (χ4v) is 3.41. The van der Waals surface area contributed by atoms with Crippen molar-refractivity contribution in [2.75, 3.05) is 39.8 Å². The lowest BCUT2D eigenvalue weighted by molar-refractivity contribution is -0.149. The first-order valence-corrected chi connectivity index (χ1v) is 8.09. The summed E-state index contributed by atoms with van der Waals surface area (Å²) >= 11 is 6.24. The number of ether oxygens (including phenoxy) is 1. The standard InChI is InChI=1S/C16H19ClF3N3O/c1-24-14-8-13(17)15-11(2-3-21-15)12(14)9-22-4-6-23(7-5-22)10-16(18,19)20/h2-3,8,21H,4-7,9-10H2,1H3. The number of hydrogen-bond acceptors (Lipinski definition) is 3. The van der Waals surface area contributed by atoms with Crippen LogP contribution in [-0.4, -0.2) is 60.8 Å².